The van der Waals surface area contributed by atoms with Crippen molar-refractivity contribution < 1.29 is 14.6 Å². The fourth-order valence-corrected chi connectivity index (χ4v) is 0.899. The number of nitrogens with one attached hydrogen (secondary N) is 2. The highest BCUT2D eigenvalue weighted by Crippen LogP contribution is 1.82. The van der Waals surface area contributed by atoms with Gasteiger partial charge >= 0.3 is 5.97 Å². The summed E-state index contributed by atoms with van der Waals surface area (Å²) in [6.45, 7) is 2.28. The predicted octanol–water partition coefficient (Wildman–Crippen LogP) is -0.942. The molecule has 0 saturated heterocycles. The Labute approximate surface area is 88.1 Å². The van der Waals surface area contributed by atoms with Gasteiger partial charge in [0.1, 0.15) is 6.54 Å². The van der Waals surface area contributed by atoms with Gasteiger partial charge in [0.05, 0.1) is 19.8 Å². The van der Waals surface area contributed by atoms with Crippen LogP contribution in [0.3, 0.4) is 0 Å². The van der Waals surface area contributed by atoms with Gasteiger partial charge in [0.15, 0.2) is 5.96 Å². The molecular formula is C7H14ClN3O3. The van der Waals surface area contributed by atoms with Crippen LogP contribution in [0.5, 0.6) is 0 Å². The van der Waals surface area contributed by atoms with Gasteiger partial charge in [-0.25, -0.2) is 0 Å². The minimum absolute atomic E-state index is 0. The molecule has 0 bridgehead atoms. The van der Waals surface area contributed by atoms with Crippen molar-refractivity contribution in [2.24, 2.45) is 4.99 Å². The average Bonchev–Trinajstić information content (AvgIpc) is 2.01. The van der Waals surface area contributed by atoms with Gasteiger partial charge in [-0.15, -0.1) is 12.4 Å². The maximum Gasteiger partial charge on any atom is 0.322 e. The van der Waals surface area contributed by atoms with Crippen molar-refractivity contribution in [3.63, 3.8) is 0 Å². The molecule has 0 amide bonds. The Morgan fingerprint density at radius 2 is 2.43 bits per heavy atom. The topological polar surface area (TPSA) is 83.0 Å². The highest BCUT2D eigenvalue weighted by Gasteiger charge is 2.02. The number of aliphatic carboxylic acids is 1. The van der Waals surface area contributed by atoms with Crippen molar-refractivity contribution in [2.75, 3.05) is 32.8 Å². The van der Waals surface area contributed by atoms with Crippen molar-refractivity contribution in [1.29, 1.82) is 0 Å². The van der Waals surface area contributed by atoms with Crippen molar-refractivity contribution in [3.05, 3.63) is 0 Å². The van der Waals surface area contributed by atoms with E-state index in [1.807, 2.05) is 0 Å². The van der Waals surface area contributed by atoms with Gasteiger partial charge in [-0.05, 0) is 0 Å². The van der Waals surface area contributed by atoms with E-state index in [-0.39, 0.29) is 19.0 Å². The number of halogens is 1. The van der Waals surface area contributed by atoms with Crippen molar-refractivity contribution in [1.82, 2.24) is 10.6 Å². The molecule has 14 heavy (non-hydrogen) atoms. The maximum atomic E-state index is 10.2. The van der Waals surface area contributed by atoms with Crippen LogP contribution >= 0.6 is 12.4 Å². The zero-order chi connectivity index (χ0) is 9.52. The number of hydrogen-bond donors (Lipinski definition) is 3. The Balaban J connectivity index is 0.00000169. The highest BCUT2D eigenvalue weighted by atomic mass is 35.5. The molecule has 0 fully saturated rings. The lowest BCUT2D eigenvalue weighted by atomic mass is 10.6. The maximum absolute atomic E-state index is 10.2. The number of carboxylic acid groups (broad SMARTS) is 1. The Morgan fingerprint density at radius 3 is 3.14 bits per heavy atom. The van der Waals surface area contributed by atoms with Gasteiger partial charge in [-0.1, -0.05) is 0 Å². The third-order valence-electron chi connectivity index (χ3n) is 1.45. The van der Waals surface area contributed by atoms with E-state index in [2.05, 4.69) is 15.6 Å². The summed E-state index contributed by atoms with van der Waals surface area (Å²) in [6.07, 6.45) is 0. The Bertz CT molecular complexity index is 210. The fourth-order valence-electron chi connectivity index (χ4n) is 0.899. The second-order valence-corrected chi connectivity index (χ2v) is 2.52. The molecule has 1 aliphatic heterocycles. The first-order valence-electron chi connectivity index (χ1n) is 4.11. The van der Waals surface area contributed by atoms with Crippen LogP contribution in [-0.4, -0.2) is 49.9 Å². The molecule has 3 N–H and O–H groups in total. The van der Waals surface area contributed by atoms with E-state index >= 15 is 0 Å². The molecule has 1 rings (SSSR count). The summed E-state index contributed by atoms with van der Waals surface area (Å²) in [5, 5.41) is 14.0. The minimum atomic E-state index is -0.900. The summed E-state index contributed by atoms with van der Waals surface area (Å²) in [5.74, 6) is -0.367. The smallest absolute Gasteiger partial charge is 0.322 e. The van der Waals surface area contributed by atoms with Crippen LogP contribution in [-0.2, 0) is 9.53 Å². The average molecular weight is 224 g/mol. The molecule has 0 aromatic carbocycles. The Hall–Kier alpha value is -1.01. The number of carboxylic acids is 1. The van der Waals surface area contributed by atoms with Gasteiger partial charge in [-0.3, -0.25) is 9.79 Å². The lowest BCUT2D eigenvalue weighted by Crippen LogP contribution is -2.42. The van der Waals surface area contributed by atoms with Gasteiger partial charge < -0.3 is 20.5 Å². The van der Waals surface area contributed by atoms with Crippen molar-refractivity contribution in [2.45, 2.75) is 0 Å². The van der Waals surface area contributed by atoms with Crippen LogP contribution in [0.2, 0.25) is 0 Å². The molecule has 1 heterocycles. The largest absolute Gasteiger partial charge is 0.480 e. The van der Waals surface area contributed by atoms with Crippen LogP contribution in [0.25, 0.3) is 0 Å². The summed E-state index contributed by atoms with van der Waals surface area (Å²) in [7, 11) is 0. The first kappa shape index (κ1) is 13.0. The van der Waals surface area contributed by atoms with Gasteiger partial charge in [-0.2, -0.15) is 0 Å². The number of guanidine groups is 1. The van der Waals surface area contributed by atoms with Crippen LogP contribution in [0, 0.1) is 0 Å². The Morgan fingerprint density at radius 1 is 1.64 bits per heavy atom. The van der Waals surface area contributed by atoms with E-state index in [0.29, 0.717) is 32.3 Å². The molecule has 0 atom stereocenters. The SMILES string of the molecule is Cl.O=C(O)CNC1=NCCOCCN1. The number of aliphatic imine (C=N–C) groups is 1. The molecule has 0 aromatic rings. The van der Waals surface area contributed by atoms with Crippen molar-refractivity contribution >= 4 is 24.3 Å². The van der Waals surface area contributed by atoms with Crippen LogP contribution in [0.4, 0.5) is 0 Å². The van der Waals surface area contributed by atoms with Gasteiger partial charge in [0.2, 0.25) is 0 Å². The fraction of sp³-hybridized carbons (Fsp3) is 0.714. The van der Waals surface area contributed by atoms with Gasteiger partial charge in [0.25, 0.3) is 0 Å². The second-order valence-electron chi connectivity index (χ2n) is 2.52. The number of rotatable bonds is 2. The molecule has 0 saturated carbocycles. The Kier molecular flexibility index (Phi) is 6.87. The molecule has 6 nitrogen and oxygen atoms in total. The summed E-state index contributed by atoms with van der Waals surface area (Å²) >= 11 is 0. The van der Waals surface area contributed by atoms with E-state index in [4.69, 9.17) is 9.84 Å². The minimum Gasteiger partial charge on any atom is -0.480 e. The molecule has 82 valence electrons. The van der Waals surface area contributed by atoms with Crippen LogP contribution in [0.15, 0.2) is 4.99 Å². The lowest BCUT2D eigenvalue weighted by molar-refractivity contribution is -0.135. The molecule has 0 unspecified atom stereocenters. The highest BCUT2D eigenvalue weighted by molar-refractivity contribution is 5.85. The third kappa shape index (κ3) is 5.60. The molecule has 0 radical (unpaired) electrons. The molecule has 0 spiro atoms. The number of hydrogen-bond acceptors (Lipinski definition) is 5. The predicted molar refractivity (Wildman–Crippen MR) is 54.0 cm³/mol. The molecule has 1 aliphatic rings. The summed E-state index contributed by atoms with van der Waals surface area (Å²) < 4.78 is 5.13. The molecular weight excluding hydrogens is 210 g/mol. The quantitative estimate of drug-likeness (QED) is 0.563. The standard InChI is InChI=1S/C7H13N3O3.ClH/c11-6(12)5-10-7-8-1-3-13-4-2-9-7;/h1-5H2,(H,11,12)(H2,8,9,10);1H. The first-order valence-corrected chi connectivity index (χ1v) is 4.11. The monoisotopic (exact) mass is 223 g/mol. The summed E-state index contributed by atoms with van der Waals surface area (Å²) in [5.41, 5.74) is 0. The normalized spacial score (nSPS) is 16.4. The van der Waals surface area contributed by atoms with E-state index in [1.165, 1.54) is 0 Å². The molecule has 0 aliphatic carbocycles. The first-order chi connectivity index (χ1) is 6.29. The van der Waals surface area contributed by atoms with Gasteiger partial charge in [0, 0.05) is 6.54 Å². The van der Waals surface area contributed by atoms with Crippen LogP contribution in [0.1, 0.15) is 0 Å². The van der Waals surface area contributed by atoms with Crippen LogP contribution < -0.4 is 10.6 Å². The van der Waals surface area contributed by atoms with Crippen molar-refractivity contribution in [3.8, 4) is 0 Å². The second kappa shape index (κ2) is 7.40. The van der Waals surface area contributed by atoms with E-state index < -0.39 is 5.97 Å². The van der Waals surface area contributed by atoms with E-state index in [9.17, 15) is 4.79 Å². The number of nitrogens with zero attached hydrogens (tertiary/aromatic N) is 1. The number of carbonyl (C=O) groups is 1. The summed E-state index contributed by atoms with van der Waals surface area (Å²) in [4.78, 5) is 14.3. The summed E-state index contributed by atoms with van der Waals surface area (Å²) in [6, 6.07) is 0. The molecule has 0 aromatic heterocycles. The zero-order valence-electron chi connectivity index (χ0n) is 7.65. The zero-order valence-corrected chi connectivity index (χ0v) is 8.47. The van der Waals surface area contributed by atoms with E-state index in [0.717, 1.165) is 0 Å². The lowest BCUT2D eigenvalue weighted by Gasteiger charge is -2.13. The third-order valence-corrected chi connectivity index (χ3v) is 1.45. The van der Waals surface area contributed by atoms with E-state index in [1.54, 1.807) is 0 Å². The number of ether oxygens (including phenoxy) is 1. The molecule has 7 heteroatoms.